The van der Waals surface area contributed by atoms with Gasteiger partial charge in [-0.1, -0.05) is 0 Å². The molecule has 0 heterocycles. The van der Waals surface area contributed by atoms with Gasteiger partial charge < -0.3 is 0 Å². The maximum atomic E-state index is 2.44. The van der Waals surface area contributed by atoms with Crippen LogP contribution in [-0.2, 0) is 0 Å². The van der Waals surface area contributed by atoms with Crippen LogP contribution in [0.4, 0.5) is 0 Å². The summed E-state index contributed by atoms with van der Waals surface area (Å²) in [5, 5.41) is 0. The average Bonchev–Trinajstić information content (AvgIpc) is 3.40. The second-order valence-corrected chi connectivity index (χ2v) is 11.4. The van der Waals surface area contributed by atoms with E-state index in [1.807, 2.05) is 0 Å². The first-order valence-electron chi connectivity index (χ1n) is 10.7. The van der Waals surface area contributed by atoms with Crippen molar-refractivity contribution in [3.63, 3.8) is 0 Å². The third-order valence-corrected chi connectivity index (χ3v) is 10.5. The molecule has 0 amide bonds. The second-order valence-electron chi connectivity index (χ2n) is 8.00. The Labute approximate surface area is 203 Å². The van der Waals surface area contributed by atoms with E-state index in [1.165, 1.54) is 44.5 Å². The fourth-order valence-corrected chi connectivity index (χ4v) is 9.34. The normalized spacial score (nSPS) is 19.0. The minimum absolute atomic E-state index is 0.530. The molecule has 0 saturated heterocycles. The van der Waals surface area contributed by atoms with E-state index in [2.05, 4.69) is 121 Å². The Morgan fingerprint density at radius 1 is 0.419 bits per heavy atom. The van der Waals surface area contributed by atoms with Crippen molar-refractivity contribution in [2.75, 3.05) is 0 Å². The van der Waals surface area contributed by atoms with Gasteiger partial charge >= 0.3 is 205 Å². The van der Waals surface area contributed by atoms with Crippen molar-refractivity contribution in [1.82, 2.24) is 0 Å². The van der Waals surface area contributed by atoms with Crippen LogP contribution in [0.1, 0.15) is 36.8 Å². The van der Waals surface area contributed by atoms with Gasteiger partial charge in [-0.05, 0) is 0 Å². The van der Waals surface area contributed by atoms with Gasteiger partial charge in [0.2, 0.25) is 0 Å². The Balaban J connectivity index is 1.45. The minimum atomic E-state index is -0.572. The van der Waals surface area contributed by atoms with Crippen molar-refractivity contribution in [2.45, 2.75) is 3.40 Å². The average molecular weight is 540 g/mol. The van der Waals surface area contributed by atoms with Crippen molar-refractivity contribution < 1.29 is 35.9 Å². The molecule has 2 unspecified atom stereocenters. The van der Waals surface area contributed by atoms with Crippen LogP contribution in [-0.4, -0.2) is 0 Å². The Morgan fingerprint density at radius 2 is 0.806 bits per heavy atom. The van der Waals surface area contributed by atoms with Crippen LogP contribution in [0.3, 0.4) is 0 Å². The van der Waals surface area contributed by atoms with E-state index in [1.54, 1.807) is 0 Å². The van der Waals surface area contributed by atoms with Gasteiger partial charge in [-0.2, -0.15) is 0 Å². The summed E-state index contributed by atoms with van der Waals surface area (Å²) in [6.45, 7) is 0. The van der Waals surface area contributed by atoms with E-state index in [4.69, 9.17) is 0 Å². The van der Waals surface area contributed by atoms with Crippen molar-refractivity contribution in [1.29, 1.82) is 0 Å². The zero-order valence-corrected chi connectivity index (χ0v) is 19.3. The second kappa shape index (κ2) is 8.32. The summed E-state index contributed by atoms with van der Waals surface area (Å²) in [5.74, 6) is 0. The molecule has 4 aromatic rings. The van der Waals surface area contributed by atoms with E-state index in [9.17, 15) is 0 Å². The number of benzene rings is 4. The monoisotopic (exact) mass is 540 g/mol. The molecule has 0 aliphatic heterocycles. The first-order chi connectivity index (χ1) is 15.4. The van der Waals surface area contributed by atoms with Crippen LogP contribution in [0.15, 0.2) is 109 Å². The molecule has 0 aromatic heterocycles. The quantitative estimate of drug-likeness (QED) is 0.250. The maximum absolute atomic E-state index is 2.44. The van der Waals surface area contributed by atoms with Gasteiger partial charge in [-0.3, -0.25) is 0 Å². The van der Waals surface area contributed by atoms with Crippen LogP contribution < -0.4 is 0 Å². The van der Waals surface area contributed by atoms with Crippen molar-refractivity contribution in [2.24, 2.45) is 0 Å². The van der Waals surface area contributed by atoms with Crippen LogP contribution in [0, 0.1) is 35.9 Å². The third-order valence-electron chi connectivity index (χ3n) is 6.13. The molecule has 0 saturated carbocycles. The van der Waals surface area contributed by atoms with Crippen LogP contribution in [0.25, 0.3) is 23.3 Å². The first kappa shape index (κ1) is 19.4. The number of hydrogen-bond acceptors (Lipinski definition) is 0. The van der Waals surface area contributed by atoms with Crippen molar-refractivity contribution in [3.05, 3.63) is 143 Å². The zero-order chi connectivity index (χ0) is 20.6. The molecule has 0 bridgehead atoms. The summed E-state index contributed by atoms with van der Waals surface area (Å²) >= 11 is -0.572. The number of allylic oxidation sites excluding steroid dienone is 2. The van der Waals surface area contributed by atoms with Gasteiger partial charge in [0, 0.05) is 0 Å². The number of hydrogen-bond donors (Lipinski definition) is 0. The summed E-state index contributed by atoms with van der Waals surface area (Å²) in [6, 6.07) is 40.0. The molecular formula is C30H22Gd. The summed E-state index contributed by atoms with van der Waals surface area (Å²) in [4.78, 5) is 0. The molecule has 0 spiro atoms. The summed E-state index contributed by atoms with van der Waals surface area (Å²) < 4.78 is 1.06. The summed E-state index contributed by atoms with van der Waals surface area (Å²) in [7, 11) is 0. The summed E-state index contributed by atoms with van der Waals surface area (Å²) in [6.07, 6.45) is 4.88. The van der Waals surface area contributed by atoms with Gasteiger partial charge in [-0.25, -0.2) is 0 Å². The van der Waals surface area contributed by atoms with E-state index in [0.717, 1.165) is 0 Å². The molecule has 4 aromatic carbocycles. The predicted molar refractivity (Wildman–Crippen MR) is 127 cm³/mol. The SMILES string of the molecule is C1=C(c2ccccc2)[CH]([Gd][CH]2C(c3ccccc3)=Cc3ccccc32)c2ccccc21. The van der Waals surface area contributed by atoms with E-state index in [0.29, 0.717) is 3.40 Å². The fourth-order valence-electron chi connectivity index (χ4n) is 4.63. The molecule has 6 rings (SSSR count). The molecule has 31 heavy (non-hydrogen) atoms. The van der Waals surface area contributed by atoms with Crippen molar-refractivity contribution >= 4 is 23.3 Å². The zero-order valence-electron chi connectivity index (χ0n) is 17.1. The van der Waals surface area contributed by atoms with E-state index < -0.39 is 35.9 Å². The van der Waals surface area contributed by atoms with Gasteiger partial charge in [0.15, 0.2) is 0 Å². The van der Waals surface area contributed by atoms with Gasteiger partial charge in [0.25, 0.3) is 0 Å². The van der Waals surface area contributed by atoms with Crippen LogP contribution >= 0.6 is 0 Å². The molecule has 2 aliphatic rings. The Kier molecular flexibility index (Phi) is 5.20. The number of rotatable bonds is 4. The van der Waals surface area contributed by atoms with Gasteiger partial charge in [0.05, 0.1) is 0 Å². The van der Waals surface area contributed by atoms with Crippen molar-refractivity contribution in [3.8, 4) is 0 Å². The fraction of sp³-hybridized carbons (Fsp3) is 0.0667. The molecule has 0 N–H and O–H groups in total. The standard InChI is InChI=1S/2C15H11.Gd/c2*1-2-6-12(7-3-1)15-10-13-8-4-5-9-14(13)11-15;/h2*1-11H;. The third kappa shape index (κ3) is 3.55. The Morgan fingerprint density at radius 3 is 1.26 bits per heavy atom. The molecule has 0 fully saturated rings. The van der Waals surface area contributed by atoms with Crippen LogP contribution in [0.2, 0.25) is 0 Å². The first-order valence-corrected chi connectivity index (χ1v) is 13.3. The Bertz CT molecular complexity index is 1200. The molecule has 1 heteroatoms. The Hall–Kier alpha value is -2.32. The van der Waals surface area contributed by atoms with Crippen LogP contribution in [0.5, 0.6) is 0 Å². The van der Waals surface area contributed by atoms with Gasteiger partial charge in [0.1, 0.15) is 0 Å². The predicted octanol–water partition coefficient (Wildman–Crippen LogP) is 7.66. The number of fused-ring (bicyclic) bond motifs is 2. The molecular weight excluding hydrogens is 518 g/mol. The van der Waals surface area contributed by atoms with E-state index in [-0.39, 0.29) is 0 Å². The molecule has 150 valence electrons. The summed E-state index contributed by atoms with van der Waals surface area (Å²) in [5.41, 5.74) is 11.6. The molecule has 0 nitrogen and oxygen atoms in total. The molecule has 2 atom stereocenters. The van der Waals surface area contributed by atoms with Gasteiger partial charge in [-0.15, -0.1) is 0 Å². The molecule has 0 radical (unpaired) electrons. The molecule has 2 aliphatic carbocycles. The van der Waals surface area contributed by atoms with E-state index >= 15 is 0 Å². The topological polar surface area (TPSA) is 0 Å².